The van der Waals surface area contributed by atoms with E-state index in [4.69, 9.17) is 9.47 Å². The zero-order valence-electron chi connectivity index (χ0n) is 13.7. The van der Waals surface area contributed by atoms with Crippen molar-refractivity contribution in [3.8, 4) is 11.5 Å². The minimum Gasteiger partial charge on any atom is -0.493 e. The fourth-order valence-corrected chi connectivity index (χ4v) is 4.06. The molecule has 2 heterocycles. The smallest absolute Gasteiger partial charge is 0.166 e. The molecule has 2 saturated heterocycles. The number of hydrogen-bond acceptors (Lipinski definition) is 4. The van der Waals surface area contributed by atoms with E-state index in [9.17, 15) is 4.79 Å². The molecule has 2 aliphatic rings. The van der Waals surface area contributed by atoms with Gasteiger partial charge in [0.2, 0.25) is 0 Å². The van der Waals surface area contributed by atoms with E-state index in [1.807, 2.05) is 18.2 Å². The van der Waals surface area contributed by atoms with Gasteiger partial charge in [0, 0.05) is 23.6 Å². The molecule has 0 aromatic heterocycles. The van der Waals surface area contributed by atoms with E-state index in [-0.39, 0.29) is 11.7 Å². The number of benzene rings is 1. The molecule has 2 bridgehead atoms. The fourth-order valence-electron chi connectivity index (χ4n) is 4.06. The third kappa shape index (κ3) is 2.72. The van der Waals surface area contributed by atoms with Crippen LogP contribution in [-0.4, -0.2) is 44.0 Å². The first-order valence-electron chi connectivity index (χ1n) is 8.12. The molecular weight excluding hydrogens is 278 g/mol. The maximum Gasteiger partial charge on any atom is 0.166 e. The van der Waals surface area contributed by atoms with Crippen molar-refractivity contribution in [3.05, 3.63) is 23.8 Å². The van der Waals surface area contributed by atoms with Crippen LogP contribution in [0.5, 0.6) is 11.5 Å². The lowest BCUT2D eigenvalue weighted by Crippen LogP contribution is -2.51. The Labute approximate surface area is 132 Å². The molecule has 1 aromatic rings. The van der Waals surface area contributed by atoms with Gasteiger partial charge in [-0.05, 0) is 50.9 Å². The van der Waals surface area contributed by atoms with E-state index in [0.29, 0.717) is 23.6 Å². The molecule has 0 amide bonds. The lowest BCUT2D eigenvalue weighted by molar-refractivity contribution is 0.0338. The van der Waals surface area contributed by atoms with Crippen molar-refractivity contribution in [1.29, 1.82) is 0 Å². The van der Waals surface area contributed by atoms with Gasteiger partial charge in [-0.2, -0.15) is 0 Å². The number of piperidine rings is 2. The average molecular weight is 303 g/mol. The van der Waals surface area contributed by atoms with Gasteiger partial charge in [-0.15, -0.1) is 0 Å². The van der Waals surface area contributed by atoms with Crippen molar-refractivity contribution in [2.24, 2.45) is 5.92 Å². The van der Waals surface area contributed by atoms with Gasteiger partial charge in [-0.25, -0.2) is 0 Å². The van der Waals surface area contributed by atoms with E-state index in [1.54, 1.807) is 14.2 Å². The van der Waals surface area contributed by atoms with E-state index in [0.717, 1.165) is 18.4 Å². The zero-order chi connectivity index (χ0) is 15.7. The van der Waals surface area contributed by atoms with Gasteiger partial charge in [-0.1, -0.05) is 6.42 Å². The SMILES string of the molecule is COc1ccc(C(=O)C2CC3CCCC(C2)N3C)cc1OC. The molecule has 4 heteroatoms. The second-order valence-corrected chi connectivity index (χ2v) is 6.51. The summed E-state index contributed by atoms with van der Waals surface area (Å²) >= 11 is 0. The van der Waals surface area contributed by atoms with Crippen LogP contribution in [0.2, 0.25) is 0 Å². The third-order valence-electron chi connectivity index (χ3n) is 5.38. The first kappa shape index (κ1) is 15.3. The van der Waals surface area contributed by atoms with Crippen LogP contribution in [0.15, 0.2) is 18.2 Å². The topological polar surface area (TPSA) is 38.8 Å². The summed E-state index contributed by atoms with van der Waals surface area (Å²) in [4.78, 5) is 15.4. The minimum atomic E-state index is 0.143. The Hall–Kier alpha value is -1.55. The van der Waals surface area contributed by atoms with Crippen LogP contribution < -0.4 is 9.47 Å². The quantitative estimate of drug-likeness (QED) is 0.801. The first-order chi connectivity index (χ1) is 10.6. The Kier molecular flexibility index (Phi) is 4.39. The summed E-state index contributed by atoms with van der Waals surface area (Å²) in [6.07, 6.45) is 5.72. The molecule has 2 aliphatic heterocycles. The number of fused-ring (bicyclic) bond motifs is 2. The summed E-state index contributed by atoms with van der Waals surface area (Å²) in [5.74, 6) is 1.69. The highest BCUT2D eigenvalue weighted by Gasteiger charge is 2.38. The van der Waals surface area contributed by atoms with Gasteiger partial charge >= 0.3 is 0 Å². The number of carbonyl (C=O) groups is 1. The second kappa shape index (κ2) is 6.29. The zero-order valence-corrected chi connectivity index (χ0v) is 13.7. The molecule has 22 heavy (non-hydrogen) atoms. The van der Waals surface area contributed by atoms with Crippen LogP contribution in [0.4, 0.5) is 0 Å². The molecule has 1 aromatic carbocycles. The highest BCUT2D eigenvalue weighted by atomic mass is 16.5. The van der Waals surface area contributed by atoms with Crippen molar-refractivity contribution in [2.45, 2.75) is 44.2 Å². The Balaban J connectivity index is 1.79. The number of ether oxygens (including phenoxy) is 2. The number of carbonyl (C=O) groups excluding carboxylic acids is 1. The summed E-state index contributed by atoms with van der Waals surface area (Å²) in [6, 6.07) is 6.64. The molecule has 0 N–H and O–H groups in total. The summed E-state index contributed by atoms with van der Waals surface area (Å²) < 4.78 is 10.6. The lowest BCUT2D eigenvalue weighted by Gasteiger charge is -2.46. The van der Waals surface area contributed by atoms with Gasteiger partial charge in [0.15, 0.2) is 17.3 Å². The number of methoxy groups -OCH3 is 2. The average Bonchev–Trinajstić information content (AvgIpc) is 2.53. The molecule has 3 rings (SSSR count). The van der Waals surface area contributed by atoms with Gasteiger partial charge < -0.3 is 14.4 Å². The van der Waals surface area contributed by atoms with Crippen molar-refractivity contribution in [3.63, 3.8) is 0 Å². The molecule has 0 radical (unpaired) electrons. The van der Waals surface area contributed by atoms with Crippen molar-refractivity contribution < 1.29 is 14.3 Å². The molecule has 2 unspecified atom stereocenters. The first-order valence-corrected chi connectivity index (χ1v) is 8.12. The lowest BCUT2D eigenvalue weighted by atomic mass is 9.76. The van der Waals surface area contributed by atoms with Crippen LogP contribution in [-0.2, 0) is 0 Å². The van der Waals surface area contributed by atoms with E-state index >= 15 is 0 Å². The van der Waals surface area contributed by atoms with Crippen molar-refractivity contribution in [1.82, 2.24) is 4.90 Å². The van der Waals surface area contributed by atoms with Gasteiger partial charge in [-0.3, -0.25) is 4.79 Å². The summed E-state index contributed by atoms with van der Waals surface area (Å²) in [5, 5.41) is 0. The van der Waals surface area contributed by atoms with Crippen LogP contribution >= 0.6 is 0 Å². The molecule has 0 saturated carbocycles. The fraction of sp³-hybridized carbons (Fsp3) is 0.611. The van der Waals surface area contributed by atoms with E-state index < -0.39 is 0 Å². The van der Waals surface area contributed by atoms with Gasteiger partial charge in [0.25, 0.3) is 0 Å². The highest BCUT2D eigenvalue weighted by Crippen LogP contribution is 2.38. The highest BCUT2D eigenvalue weighted by molar-refractivity contribution is 5.98. The predicted octanol–water partition coefficient (Wildman–Crippen LogP) is 3.15. The maximum absolute atomic E-state index is 12.9. The van der Waals surface area contributed by atoms with Crippen LogP contribution in [0.3, 0.4) is 0 Å². The summed E-state index contributed by atoms with van der Waals surface area (Å²) in [5.41, 5.74) is 0.741. The molecular formula is C18H25NO3. The maximum atomic E-state index is 12.9. The minimum absolute atomic E-state index is 0.143. The van der Waals surface area contributed by atoms with Crippen LogP contribution in [0.25, 0.3) is 0 Å². The third-order valence-corrected chi connectivity index (χ3v) is 5.38. The van der Waals surface area contributed by atoms with Crippen molar-refractivity contribution in [2.75, 3.05) is 21.3 Å². The molecule has 4 nitrogen and oxygen atoms in total. The summed E-state index contributed by atoms with van der Waals surface area (Å²) in [7, 11) is 5.43. The number of ketones is 1. The monoisotopic (exact) mass is 303 g/mol. The molecule has 0 aliphatic carbocycles. The molecule has 0 spiro atoms. The molecule has 120 valence electrons. The molecule has 2 fully saturated rings. The van der Waals surface area contributed by atoms with E-state index in [1.165, 1.54) is 19.3 Å². The number of Topliss-reactive ketones (excluding diaryl/α,β-unsaturated/α-hetero) is 1. The normalized spacial score (nSPS) is 28.2. The number of rotatable bonds is 4. The number of hydrogen-bond donors (Lipinski definition) is 0. The second-order valence-electron chi connectivity index (χ2n) is 6.51. The largest absolute Gasteiger partial charge is 0.493 e. The van der Waals surface area contributed by atoms with Crippen LogP contribution in [0.1, 0.15) is 42.5 Å². The Morgan fingerprint density at radius 1 is 1.09 bits per heavy atom. The number of nitrogens with zero attached hydrogens (tertiary/aromatic N) is 1. The standard InChI is InChI=1S/C18H25NO3/c1-19-14-5-4-6-15(19)10-13(9-14)18(20)12-7-8-16(21-2)17(11-12)22-3/h7-8,11,13-15H,4-6,9-10H2,1-3H3. The van der Waals surface area contributed by atoms with Gasteiger partial charge in [0.05, 0.1) is 14.2 Å². The Morgan fingerprint density at radius 3 is 2.32 bits per heavy atom. The Morgan fingerprint density at radius 2 is 1.73 bits per heavy atom. The Bertz CT molecular complexity index is 543. The van der Waals surface area contributed by atoms with Crippen molar-refractivity contribution >= 4 is 5.78 Å². The van der Waals surface area contributed by atoms with E-state index in [2.05, 4.69) is 11.9 Å². The summed E-state index contributed by atoms with van der Waals surface area (Å²) in [6.45, 7) is 0. The van der Waals surface area contributed by atoms with Gasteiger partial charge in [0.1, 0.15) is 0 Å². The van der Waals surface area contributed by atoms with Crippen LogP contribution in [0, 0.1) is 5.92 Å². The molecule has 2 atom stereocenters. The predicted molar refractivity (Wildman–Crippen MR) is 85.8 cm³/mol.